The number of alkyl halides is 3. The first-order chi connectivity index (χ1) is 16.4. The Labute approximate surface area is 198 Å². The van der Waals surface area contributed by atoms with Crippen LogP contribution in [-0.4, -0.2) is 34.6 Å². The van der Waals surface area contributed by atoms with E-state index in [-0.39, 0.29) is 23.0 Å². The van der Waals surface area contributed by atoms with Gasteiger partial charge in [-0.2, -0.15) is 13.2 Å². The molecule has 2 heterocycles. The molecular formula is C24H22F4N4O3. The van der Waals surface area contributed by atoms with Crippen LogP contribution in [0.1, 0.15) is 41.5 Å². The van der Waals surface area contributed by atoms with Crippen LogP contribution in [0.4, 0.5) is 23.4 Å². The number of benzene rings is 1. The number of amides is 2. The summed E-state index contributed by atoms with van der Waals surface area (Å²) in [6.45, 7) is 3.25. The highest BCUT2D eigenvalue weighted by molar-refractivity contribution is 6.00. The lowest BCUT2D eigenvalue weighted by Crippen LogP contribution is -2.28. The van der Waals surface area contributed by atoms with E-state index in [1.165, 1.54) is 25.1 Å². The molecule has 0 fully saturated rings. The van der Waals surface area contributed by atoms with E-state index in [0.717, 1.165) is 18.2 Å². The number of rotatable bonds is 7. The van der Waals surface area contributed by atoms with Crippen molar-refractivity contribution >= 4 is 17.6 Å². The lowest BCUT2D eigenvalue weighted by molar-refractivity contribution is -0.154. The third-order valence-corrected chi connectivity index (χ3v) is 4.74. The number of carbonyl (C=O) groups is 2. The Morgan fingerprint density at radius 2 is 1.74 bits per heavy atom. The van der Waals surface area contributed by atoms with Gasteiger partial charge in [0.2, 0.25) is 11.8 Å². The summed E-state index contributed by atoms with van der Waals surface area (Å²) in [5, 5.41) is 5.40. The number of hydrogen-bond donors (Lipinski definition) is 2. The van der Waals surface area contributed by atoms with Crippen LogP contribution >= 0.6 is 0 Å². The molecule has 2 N–H and O–H groups in total. The molecule has 11 heteroatoms. The Morgan fingerprint density at radius 3 is 2.37 bits per heavy atom. The molecule has 1 aromatic carbocycles. The van der Waals surface area contributed by atoms with Gasteiger partial charge in [0.25, 0.3) is 5.91 Å². The molecule has 35 heavy (non-hydrogen) atoms. The molecule has 1 atom stereocenters. The molecule has 0 saturated heterocycles. The van der Waals surface area contributed by atoms with Gasteiger partial charge >= 0.3 is 6.18 Å². The van der Waals surface area contributed by atoms with Crippen molar-refractivity contribution in [1.29, 1.82) is 0 Å². The average molecular weight is 490 g/mol. The summed E-state index contributed by atoms with van der Waals surface area (Å²) < 4.78 is 55.8. The number of pyridine rings is 2. The molecule has 3 aromatic rings. The molecule has 7 nitrogen and oxygen atoms in total. The number of halogens is 4. The zero-order valence-corrected chi connectivity index (χ0v) is 19.0. The van der Waals surface area contributed by atoms with Gasteiger partial charge in [0.1, 0.15) is 11.6 Å². The fourth-order valence-electron chi connectivity index (χ4n) is 3.24. The van der Waals surface area contributed by atoms with E-state index < -0.39 is 30.5 Å². The maximum Gasteiger partial charge on any atom is 0.422 e. The van der Waals surface area contributed by atoms with E-state index >= 15 is 0 Å². The Bertz CT molecular complexity index is 1230. The van der Waals surface area contributed by atoms with Crippen LogP contribution in [0.3, 0.4) is 0 Å². The summed E-state index contributed by atoms with van der Waals surface area (Å²) in [6, 6.07) is 10.3. The first-order valence-corrected chi connectivity index (χ1v) is 10.4. The first kappa shape index (κ1) is 25.6. The minimum Gasteiger partial charge on any atom is -0.468 e. The summed E-state index contributed by atoms with van der Waals surface area (Å²) in [4.78, 5) is 32.8. The SMILES string of the molecule is CC(=O)Nc1cc(C(C)NC(=O)c2ccc(OCC(F)(F)F)nc2-c2ccc(F)cc2)cc(C)n1. The maximum atomic E-state index is 13.4. The molecule has 0 bridgehead atoms. The number of carbonyl (C=O) groups excluding carboxylic acids is 2. The highest BCUT2D eigenvalue weighted by atomic mass is 19.4. The fraction of sp³-hybridized carbons (Fsp3) is 0.250. The van der Waals surface area contributed by atoms with Crippen molar-refractivity contribution < 1.29 is 31.9 Å². The number of anilines is 1. The van der Waals surface area contributed by atoms with Gasteiger partial charge in [0, 0.05) is 24.2 Å². The van der Waals surface area contributed by atoms with Crippen molar-refractivity contribution in [3.8, 4) is 17.1 Å². The molecule has 0 aliphatic heterocycles. The molecule has 0 aliphatic carbocycles. The van der Waals surface area contributed by atoms with E-state index in [1.807, 2.05) is 0 Å². The van der Waals surface area contributed by atoms with Crippen LogP contribution in [0.25, 0.3) is 11.3 Å². The van der Waals surface area contributed by atoms with Crippen molar-refractivity contribution in [2.45, 2.75) is 33.0 Å². The van der Waals surface area contributed by atoms with Gasteiger partial charge in [-0.25, -0.2) is 14.4 Å². The normalized spacial score (nSPS) is 12.1. The fourth-order valence-corrected chi connectivity index (χ4v) is 3.24. The van der Waals surface area contributed by atoms with Crippen molar-refractivity contribution in [3.63, 3.8) is 0 Å². The van der Waals surface area contributed by atoms with Crippen LogP contribution in [0.5, 0.6) is 5.88 Å². The van der Waals surface area contributed by atoms with Crippen molar-refractivity contribution in [2.24, 2.45) is 0 Å². The number of aryl methyl sites for hydroxylation is 1. The number of nitrogens with one attached hydrogen (secondary N) is 2. The van der Waals surface area contributed by atoms with Crippen LogP contribution in [0.15, 0.2) is 48.5 Å². The van der Waals surface area contributed by atoms with E-state index in [0.29, 0.717) is 22.6 Å². The molecule has 1 unspecified atom stereocenters. The summed E-state index contributed by atoms with van der Waals surface area (Å²) in [5.74, 6) is -1.40. The van der Waals surface area contributed by atoms with Crippen molar-refractivity contribution in [3.05, 3.63) is 71.2 Å². The van der Waals surface area contributed by atoms with Gasteiger partial charge < -0.3 is 15.4 Å². The van der Waals surface area contributed by atoms with E-state index in [1.54, 1.807) is 26.0 Å². The van der Waals surface area contributed by atoms with Gasteiger partial charge in [-0.15, -0.1) is 0 Å². The van der Waals surface area contributed by atoms with E-state index in [2.05, 4.69) is 20.6 Å². The monoisotopic (exact) mass is 490 g/mol. The molecular weight excluding hydrogens is 468 g/mol. The topological polar surface area (TPSA) is 93.2 Å². The summed E-state index contributed by atoms with van der Waals surface area (Å²) in [7, 11) is 0. The molecule has 0 saturated carbocycles. The summed E-state index contributed by atoms with van der Waals surface area (Å²) in [6.07, 6.45) is -4.57. The molecule has 0 spiro atoms. The van der Waals surface area contributed by atoms with Gasteiger partial charge in [-0.3, -0.25) is 9.59 Å². The van der Waals surface area contributed by atoms with Crippen molar-refractivity contribution in [1.82, 2.24) is 15.3 Å². The minimum absolute atomic E-state index is 0.0271. The second-order valence-corrected chi connectivity index (χ2v) is 7.76. The van der Waals surface area contributed by atoms with Crippen LogP contribution < -0.4 is 15.4 Å². The van der Waals surface area contributed by atoms with Crippen LogP contribution in [0, 0.1) is 12.7 Å². The lowest BCUT2D eigenvalue weighted by Gasteiger charge is -2.18. The zero-order valence-electron chi connectivity index (χ0n) is 19.0. The van der Waals surface area contributed by atoms with Crippen molar-refractivity contribution in [2.75, 3.05) is 11.9 Å². The van der Waals surface area contributed by atoms with Gasteiger partial charge in [0.05, 0.1) is 17.3 Å². The summed E-state index contributed by atoms with van der Waals surface area (Å²) >= 11 is 0. The Kier molecular flexibility index (Phi) is 7.68. The third kappa shape index (κ3) is 7.23. The first-order valence-electron chi connectivity index (χ1n) is 10.4. The number of aromatic nitrogens is 2. The average Bonchev–Trinajstić information content (AvgIpc) is 2.76. The third-order valence-electron chi connectivity index (χ3n) is 4.74. The number of hydrogen-bond acceptors (Lipinski definition) is 5. The molecule has 2 aromatic heterocycles. The molecule has 184 valence electrons. The molecule has 3 rings (SSSR count). The standard InChI is InChI=1S/C24H22F4N4O3/c1-13-10-17(11-20(29-13)31-15(3)33)14(2)30-23(34)19-8-9-21(35-12-24(26,27)28)32-22(19)16-4-6-18(25)7-5-16/h4-11,14H,12H2,1-3H3,(H,30,34)(H,29,31,33). The molecule has 2 amide bonds. The van der Waals surface area contributed by atoms with Gasteiger partial charge in [-0.1, -0.05) is 0 Å². The highest BCUT2D eigenvalue weighted by Gasteiger charge is 2.29. The Morgan fingerprint density at radius 1 is 1.06 bits per heavy atom. The second kappa shape index (κ2) is 10.5. The quantitative estimate of drug-likeness (QED) is 0.456. The second-order valence-electron chi connectivity index (χ2n) is 7.76. The van der Waals surface area contributed by atoms with Crippen LogP contribution in [-0.2, 0) is 4.79 Å². The van der Waals surface area contributed by atoms with Gasteiger partial charge in [0.15, 0.2) is 6.61 Å². The van der Waals surface area contributed by atoms with Gasteiger partial charge in [-0.05, 0) is 61.9 Å². The lowest BCUT2D eigenvalue weighted by atomic mass is 10.0. The number of ether oxygens (including phenoxy) is 1. The molecule has 0 aliphatic rings. The minimum atomic E-state index is -4.57. The molecule has 0 radical (unpaired) electrons. The zero-order chi connectivity index (χ0) is 25.8. The predicted octanol–water partition coefficient (Wildman–Crippen LogP) is 4.98. The Hall–Kier alpha value is -4.02. The highest BCUT2D eigenvalue weighted by Crippen LogP contribution is 2.27. The predicted molar refractivity (Wildman–Crippen MR) is 120 cm³/mol. The smallest absolute Gasteiger partial charge is 0.422 e. The van der Waals surface area contributed by atoms with Crippen LogP contribution in [0.2, 0.25) is 0 Å². The largest absolute Gasteiger partial charge is 0.468 e. The number of nitrogens with zero attached hydrogens (tertiary/aromatic N) is 2. The van der Waals surface area contributed by atoms with E-state index in [9.17, 15) is 27.2 Å². The maximum absolute atomic E-state index is 13.4. The van der Waals surface area contributed by atoms with E-state index in [4.69, 9.17) is 4.74 Å². The Balaban J connectivity index is 1.91. The summed E-state index contributed by atoms with van der Waals surface area (Å²) in [5.41, 5.74) is 1.67.